The third-order valence-electron chi connectivity index (χ3n) is 6.28. The standard InChI is InChI=1S/C21H30N4O2SSi/c1-21(2,3)29(4,5)27-15-9-11-25(13-15)17-7-6-14(12-23-17)20-24-16-8-10-22-19(26)18(16)28-20/h6-7,12,15H,8-11,13H2,1-5H3,(H,22,26)/t15-/m1/s1. The number of hydrogen-bond acceptors (Lipinski definition) is 6. The first kappa shape index (κ1) is 20.5. The summed E-state index contributed by atoms with van der Waals surface area (Å²) in [5.74, 6) is 0.971. The lowest BCUT2D eigenvalue weighted by Crippen LogP contribution is -2.44. The summed E-state index contributed by atoms with van der Waals surface area (Å²) in [6.07, 6.45) is 4.00. The average Bonchev–Trinajstić information content (AvgIpc) is 3.28. The molecule has 0 radical (unpaired) electrons. The second kappa shape index (κ2) is 7.48. The van der Waals surface area contributed by atoms with Crippen LogP contribution in [0, 0.1) is 0 Å². The van der Waals surface area contributed by atoms with Gasteiger partial charge in [-0.05, 0) is 36.7 Å². The van der Waals surface area contributed by atoms with Gasteiger partial charge in [0.15, 0.2) is 8.32 Å². The third-order valence-corrected chi connectivity index (χ3v) is 12.0. The molecule has 2 aromatic heterocycles. The highest BCUT2D eigenvalue weighted by Gasteiger charge is 2.40. The number of carbonyl (C=O) groups is 1. The Morgan fingerprint density at radius 2 is 2.10 bits per heavy atom. The maximum atomic E-state index is 12.0. The van der Waals surface area contributed by atoms with Gasteiger partial charge in [0.25, 0.3) is 5.91 Å². The molecule has 0 spiro atoms. The molecule has 6 nitrogen and oxygen atoms in total. The number of thiazole rings is 1. The molecular formula is C21H30N4O2SSi. The lowest BCUT2D eigenvalue weighted by atomic mass is 10.2. The van der Waals surface area contributed by atoms with Crippen LogP contribution in [0.1, 0.15) is 42.6 Å². The van der Waals surface area contributed by atoms with Crippen LogP contribution in [0.4, 0.5) is 5.82 Å². The molecule has 0 aliphatic carbocycles. The van der Waals surface area contributed by atoms with Crippen LogP contribution in [-0.4, -0.2) is 49.9 Å². The highest BCUT2D eigenvalue weighted by atomic mass is 32.1. The van der Waals surface area contributed by atoms with E-state index < -0.39 is 8.32 Å². The smallest absolute Gasteiger partial charge is 0.263 e. The van der Waals surface area contributed by atoms with Gasteiger partial charge in [0.1, 0.15) is 15.7 Å². The Labute approximate surface area is 177 Å². The SMILES string of the molecule is CC(C)(C)[Si](C)(C)O[C@@H]1CCN(c2ccc(-c3nc4c(s3)C(=O)NCC4)cn2)C1. The minimum Gasteiger partial charge on any atom is -0.412 e. The van der Waals surface area contributed by atoms with Crippen LogP contribution in [0.15, 0.2) is 18.3 Å². The van der Waals surface area contributed by atoms with E-state index in [0.717, 1.165) is 52.9 Å². The topological polar surface area (TPSA) is 67.3 Å². The van der Waals surface area contributed by atoms with E-state index in [9.17, 15) is 4.79 Å². The van der Waals surface area contributed by atoms with Crippen molar-refractivity contribution < 1.29 is 9.22 Å². The highest BCUT2D eigenvalue weighted by Crippen LogP contribution is 2.38. The summed E-state index contributed by atoms with van der Waals surface area (Å²) in [4.78, 5) is 24.4. The van der Waals surface area contributed by atoms with Gasteiger partial charge < -0.3 is 14.6 Å². The molecule has 1 saturated heterocycles. The number of nitrogens with one attached hydrogen (secondary N) is 1. The van der Waals surface area contributed by atoms with Gasteiger partial charge in [-0.3, -0.25) is 4.79 Å². The first-order valence-electron chi connectivity index (χ1n) is 10.3. The second-order valence-electron chi connectivity index (χ2n) is 9.44. The van der Waals surface area contributed by atoms with Gasteiger partial charge in [-0.15, -0.1) is 11.3 Å². The molecule has 2 aromatic rings. The van der Waals surface area contributed by atoms with E-state index in [4.69, 9.17) is 4.43 Å². The normalized spacial score (nSPS) is 20.0. The van der Waals surface area contributed by atoms with Gasteiger partial charge in [-0.2, -0.15) is 0 Å². The Morgan fingerprint density at radius 1 is 1.31 bits per heavy atom. The molecule has 29 heavy (non-hydrogen) atoms. The molecule has 1 N–H and O–H groups in total. The minimum atomic E-state index is -1.75. The molecule has 0 aromatic carbocycles. The van der Waals surface area contributed by atoms with Crippen LogP contribution in [-0.2, 0) is 10.8 Å². The minimum absolute atomic E-state index is 0.00980. The van der Waals surface area contributed by atoms with Crippen molar-refractivity contribution in [2.75, 3.05) is 24.5 Å². The van der Waals surface area contributed by atoms with E-state index in [1.165, 1.54) is 11.3 Å². The highest BCUT2D eigenvalue weighted by molar-refractivity contribution is 7.17. The van der Waals surface area contributed by atoms with E-state index in [-0.39, 0.29) is 17.0 Å². The fourth-order valence-electron chi connectivity index (χ4n) is 3.52. The number of nitrogens with zero attached hydrogens (tertiary/aromatic N) is 3. The van der Waals surface area contributed by atoms with E-state index in [1.54, 1.807) is 0 Å². The predicted molar refractivity (Wildman–Crippen MR) is 120 cm³/mol. The fraction of sp³-hybridized carbons (Fsp3) is 0.571. The Bertz CT molecular complexity index is 904. The number of fused-ring (bicyclic) bond motifs is 1. The summed E-state index contributed by atoms with van der Waals surface area (Å²) in [6.45, 7) is 14.0. The average molecular weight is 431 g/mol. The number of hydrogen-bond donors (Lipinski definition) is 1. The summed E-state index contributed by atoms with van der Waals surface area (Å²) in [5.41, 5.74) is 1.87. The fourth-order valence-corrected chi connectivity index (χ4v) is 5.92. The van der Waals surface area contributed by atoms with Crippen LogP contribution in [0.3, 0.4) is 0 Å². The van der Waals surface area contributed by atoms with Crippen molar-refractivity contribution in [3.05, 3.63) is 28.9 Å². The second-order valence-corrected chi connectivity index (χ2v) is 15.2. The van der Waals surface area contributed by atoms with Crippen LogP contribution in [0.2, 0.25) is 18.1 Å². The monoisotopic (exact) mass is 430 g/mol. The lowest BCUT2D eigenvalue weighted by molar-refractivity contribution is 0.0950. The first-order chi connectivity index (χ1) is 13.6. The Kier molecular flexibility index (Phi) is 5.29. The molecule has 2 aliphatic rings. The number of carbonyl (C=O) groups excluding carboxylic acids is 1. The molecule has 1 atom stereocenters. The molecule has 4 heterocycles. The zero-order valence-corrected chi connectivity index (χ0v) is 19.7. The molecule has 1 amide bonds. The third kappa shape index (κ3) is 4.11. The molecule has 0 unspecified atom stereocenters. The molecule has 4 rings (SSSR count). The summed E-state index contributed by atoms with van der Waals surface area (Å²) in [5, 5.41) is 3.97. The summed E-state index contributed by atoms with van der Waals surface area (Å²) in [7, 11) is -1.75. The Balaban J connectivity index is 1.43. The van der Waals surface area contributed by atoms with E-state index in [2.05, 4.69) is 66.2 Å². The Morgan fingerprint density at radius 3 is 2.76 bits per heavy atom. The number of pyridine rings is 1. The van der Waals surface area contributed by atoms with E-state index >= 15 is 0 Å². The zero-order chi connectivity index (χ0) is 20.8. The predicted octanol–water partition coefficient (Wildman–Crippen LogP) is 4.09. The number of aromatic nitrogens is 2. The van der Waals surface area contributed by atoms with Crippen LogP contribution >= 0.6 is 11.3 Å². The van der Waals surface area contributed by atoms with Gasteiger partial charge >= 0.3 is 0 Å². The zero-order valence-electron chi connectivity index (χ0n) is 17.9. The van der Waals surface area contributed by atoms with Crippen LogP contribution in [0.25, 0.3) is 10.6 Å². The molecule has 8 heteroatoms. The van der Waals surface area contributed by atoms with Crippen LogP contribution in [0.5, 0.6) is 0 Å². The Hall–Kier alpha value is -1.77. The summed E-state index contributed by atoms with van der Waals surface area (Å²) in [6, 6.07) is 4.12. The molecule has 0 bridgehead atoms. The van der Waals surface area contributed by atoms with Gasteiger partial charge in [-0.1, -0.05) is 20.8 Å². The van der Waals surface area contributed by atoms with Crippen molar-refractivity contribution >= 4 is 31.4 Å². The summed E-state index contributed by atoms with van der Waals surface area (Å²) >= 11 is 1.45. The molecule has 0 saturated carbocycles. The molecule has 1 fully saturated rings. The van der Waals surface area contributed by atoms with Gasteiger partial charge in [0.05, 0.1) is 11.8 Å². The van der Waals surface area contributed by atoms with Gasteiger partial charge in [0, 0.05) is 37.8 Å². The molecule has 2 aliphatic heterocycles. The van der Waals surface area contributed by atoms with Crippen LogP contribution < -0.4 is 10.2 Å². The van der Waals surface area contributed by atoms with Crippen molar-refractivity contribution in [2.24, 2.45) is 0 Å². The number of rotatable bonds is 4. The summed E-state index contributed by atoms with van der Waals surface area (Å²) < 4.78 is 6.59. The van der Waals surface area contributed by atoms with Gasteiger partial charge in [-0.25, -0.2) is 9.97 Å². The van der Waals surface area contributed by atoms with Crippen molar-refractivity contribution in [1.29, 1.82) is 0 Å². The van der Waals surface area contributed by atoms with Crippen molar-refractivity contribution in [1.82, 2.24) is 15.3 Å². The maximum Gasteiger partial charge on any atom is 0.263 e. The van der Waals surface area contributed by atoms with E-state index in [0.29, 0.717) is 6.54 Å². The number of amides is 1. The molecule has 156 valence electrons. The quantitative estimate of drug-likeness (QED) is 0.740. The van der Waals surface area contributed by atoms with E-state index in [1.807, 2.05) is 6.20 Å². The van der Waals surface area contributed by atoms with Crippen molar-refractivity contribution in [3.63, 3.8) is 0 Å². The lowest BCUT2D eigenvalue weighted by Gasteiger charge is -2.38. The molecular weight excluding hydrogens is 400 g/mol. The largest absolute Gasteiger partial charge is 0.412 e. The van der Waals surface area contributed by atoms with Crippen molar-refractivity contribution in [2.45, 2.75) is 57.8 Å². The first-order valence-corrected chi connectivity index (χ1v) is 14.0. The number of anilines is 1. The maximum absolute atomic E-state index is 12.0. The van der Waals surface area contributed by atoms with Gasteiger partial charge in [0.2, 0.25) is 0 Å². The van der Waals surface area contributed by atoms with Crippen molar-refractivity contribution in [3.8, 4) is 10.6 Å².